The van der Waals surface area contributed by atoms with E-state index >= 15 is 0 Å². The standard InChI is InChI=1S/C18H28N2O2/c1-13(2)17-7-6-16(12-14(17)3)22-15(4)18(21)20-10-5-8-19-9-11-20/h6-7,12-13,15,19H,5,8-11H2,1-4H3. The van der Waals surface area contributed by atoms with Gasteiger partial charge in [-0.3, -0.25) is 4.79 Å². The number of ether oxygens (including phenoxy) is 1. The summed E-state index contributed by atoms with van der Waals surface area (Å²) in [5.74, 6) is 1.35. The van der Waals surface area contributed by atoms with E-state index < -0.39 is 6.10 Å². The molecule has 0 radical (unpaired) electrons. The van der Waals surface area contributed by atoms with Gasteiger partial charge in [0, 0.05) is 19.6 Å². The molecule has 1 aliphatic heterocycles. The van der Waals surface area contributed by atoms with Crippen molar-refractivity contribution in [2.24, 2.45) is 0 Å². The van der Waals surface area contributed by atoms with Crippen LogP contribution in [0.25, 0.3) is 0 Å². The lowest BCUT2D eigenvalue weighted by molar-refractivity contribution is -0.137. The monoisotopic (exact) mass is 304 g/mol. The first-order valence-corrected chi connectivity index (χ1v) is 8.25. The van der Waals surface area contributed by atoms with Crippen molar-refractivity contribution in [3.05, 3.63) is 29.3 Å². The van der Waals surface area contributed by atoms with Crippen LogP contribution >= 0.6 is 0 Å². The molecular weight excluding hydrogens is 276 g/mol. The third kappa shape index (κ3) is 4.23. The van der Waals surface area contributed by atoms with Crippen LogP contribution in [-0.4, -0.2) is 43.1 Å². The molecule has 1 aliphatic rings. The third-order valence-corrected chi connectivity index (χ3v) is 4.18. The molecule has 1 N–H and O–H groups in total. The number of rotatable bonds is 4. The van der Waals surface area contributed by atoms with Gasteiger partial charge in [0.05, 0.1) is 0 Å². The lowest BCUT2D eigenvalue weighted by Crippen LogP contribution is -2.42. The first-order chi connectivity index (χ1) is 10.5. The van der Waals surface area contributed by atoms with Crippen molar-refractivity contribution in [2.45, 2.75) is 46.1 Å². The van der Waals surface area contributed by atoms with Crippen molar-refractivity contribution >= 4 is 5.91 Å². The molecule has 2 rings (SSSR count). The van der Waals surface area contributed by atoms with Crippen molar-refractivity contribution in [1.82, 2.24) is 10.2 Å². The van der Waals surface area contributed by atoms with Crippen LogP contribution in [0.1, 0.15) is 44.2 Å². The van der Waals surface area contributed by atoms with E-state index in [9.17, 15) is 4.79 Å². The zero-order valence-corrected chi connectivity index (χ0v) is 14.2. The highest BCUT2D eigenvalue weighted by Gasteiger charge is 2.22. The number of nitrogens with zero attached hydrogens (tertiary/aromatic N) is 1. The number of benzene rings is 1. The van der Waals surface area contributed by atoms with Gasteiger partial charge in [-0.15, -0.1) is 0 Å². The van der Waals surface area contributed by atoms with Crippen molar-refractivity contribution in [1.29, 1.82) is 0 Å². The maximum atomic E-state index is 12.5. The molecular formula is C18H28N2O2. The Hall–Kier alpha value is -1.55. The highest BCUT2D eigenvalue weighted by Crippen LogP contribution is 2.24. The van der Waals surface area contributed by atoms with Crippen molar-refractivity contribution in [2.75, 3.05) is 26.2 Å². The van der Waals surface area contributed by atoms with E-state index in [1.165, 1.54) is 11.1 Å². The van der Waals surface area contributed by atoms with Gasteiger partial charge >= 0.3 is 0 Å². The Morgan fingerprint density at radius 3 is 2.68 bits per heavy atom. The lowest BCUT2D eigenvalue weighted by atomic mass is 9.98. The minimum absolute atomic E-state index is 0.0780. The number of hydrogen-bond donors (Lipinski definition) is 1. The third-order valence-electron chi connectivity index (χ3n) is 4.18. The SMILES string of the molecule is Cc1cc(OC(C)C(=O)N2CCCNCC2)ccc1C(C)C. The molecule has 1 fully saturated rings. The Morgan fingerprint density at radius 1 is 1.23 bits per heavy atom. The van der Waals surface area contributed by atoms with Gasteiger partial charge < -0.3 is 15.0 Å². The molecule has 1 saturated heterocycles. The first kappa shape index (κ1) is 16.8. The molecule has 1 unspecified atom stereocenters. The normalized spacial score (nSPS) is 17.2. The van der Waals surface area contributed by atoms with E-state index in [1.807, 2.05) is 24.0 Å². The second-order valence-electron chi connectivity index (χ2n) is 6.36. The van der Waals surface area contributed by atoms with Gasteiger partial charge in [-0.2, -0.15) is 0 Å². The summed E-state index contributed by atoms with van der Waals surface area (Å²) in [5, 5.41) is 3.31. The Balaban J connectivity index is 2.00. The highest BCUT2D eigenvalue weighted by atomic mass is 16.5. The molecule has 122 valence electrons. The van der Waals surface area contributed by atoms with Crippen LogP contribution in [0.5, 0.6) is 5.75 Å². The van der Waals surface area contributed by atoms with E-state index in [4.69, 9.17) is 4.74 Å². The van der Waals surface area contributed by atoms with Crippen LogP contribution < -0.4 is 10.1 Å². The molecule has 4 heteroatoms. The summed E-state index contributed by atoms with van der Waals surface area (Å²) >= 11 is 0. The van der Waals surface area contributed by atoms with Gasteiger partial charge in [0.2, 0.25) is 0 Å². The maximum absolute atomic E-state index is 12.5. The Bertz CT molecular complexity index is 506. The van der Waals surface area contributed by atoms with Crippen LogP contribution in [0.15, 0.2) is 18.2 Å². The van der Waals surface area contributed by atoms with E-state index in [-0.39, 0.29) is 5.91 Å². The molecule has 0 spiro atoms. The molecule has 1 aromatic rings. The summed E-state index contributed by atoms with van der Waals surface area (Å²) in [7, 11) is 0. The van der Waals surface area contributed by atoms with Crippen LogP contribution in [0.2, 0.25) is 0 Å². The summed E-state index contributed by atoms with van der Waals surface area (Å²) in [6, 6.07) is 6.10. The van der Waals surface area contributed by atoms with E-state index in [0.717, 1.165) is 38.3 Å². The van der Waals surface area contributed by atoms with Crippen LogP contribution in [0.3, 0.4) is 0 Å². The molecule has 0 aromatic heterocycles. The number of carbonyl (C=O) groups excluding carboxylic acids is 1. The Morgan fingerprint density at radius 2 is 2.00 bits per heavy atom. The summed E-state index contributed by atoms with van der Waals surface area (Å²) in [4.78, 5) is 14.4. The van der Waals surface area contributed by atoms with E-state index in [0.29, 0.717) is 5.92 Å². The lowest BCUT2D eigenvalue weighted by Gasteiger charge is -2.24. The number of nitrogens with one attached hydrogen (secondary N) is 1. The molecule has 1 amide bonds. The summed E-state index contributed by atoms with van der Waals surface area (Å²) in [6.45, 7) is 11.7. The minimum atomic E-state index is -0.442. The van der Waals surface area contributed by atoms with Crippen molar-refractivity contribution < 1.29 is 9.53 Å². The molecule has 4 nitrogen and oxygen atoms in total. The fraction of sp³-hybridized carbons (Fsp3) is 0.611. The first-order valence-electron chi connectivity index (χ1n) is 8.25. The van der Waals surface area contributed by atoms with Crippen LogP contribution in [0, 0.1) is 6.92 Å². The Labute approximate surface area is 133 Å². The predicted molar refractivity (Wildman–Crippen MR) is 89.4 cm³/mol. The fourth-order valence-corrected chi connectivity index (χ4v) is 2.95. The number of aryl methyl sites for hydroxylation is 1. The fourth-order valence-electron chi connectivity index (χ4n) is 2.95. The van der Waals surface area contributed by atoms with Gasteiger partial charge in [0.15, 0.2) is 6.10 Å². The van der Waals surface area contributed by atoms with Crippen molar-refractivity contribution in [3.8, 4) is 5.75 Å². The molecule has 1 atom stereocenters. The average molecular weight is 304 g/mol. The summed E-state index contributed by atoms with van der Waals surface area (Å²) < 4.78 is 5.87. The number of hydrogen-bond acceptors (Lipinski definition) is 3. The maximum Gasteiger partial charge on any atom is 0.263 e. The van der Waals surface area contributed by atoms with Crippen LogP contribution in [0.4, 0.5) is 0 Å². The molecule has 0 saturated carbocycles. The summed E-state index contributed by atoms with van der Waals surface area (Å²) in [5.41, 5.74) is 2.54. The van der Waals surface area contributed by atoms with Crippen molar-refractivity contribution in [3.63, 3.8) is 0 Å². The molecule has 0 bridgehead atoms. The Kier molecular flexibility index (Phi) is 5.83. The number of amides is 1. The smallest absolute Gasteiger partial charge is 0.263 e. The van der Waals surface area contributed by atoms with Gasteiger partial charge in [0.25, 0.3) is 5.91 Å². The highest BCUT2D eigenvalue weighted by molar-refractivity contribution is 5.81. The second kappa shape index (κ2) is 7.63. The minimum Gasteiger partial charge on any atom is -0.481 e. The van der Waals surface area contributed by atoms with E-state index in [1.54, 1.807) is 0 Å². The van der Waals surface area contributed by atoms with Gasteiger partial charge in [-0.25, -0.2) is 0 Å². The van der Waals surface area contributed by atoms with E-state index in [2.05, 4.69) is 32.2 Å². The van der Waals surface area contributed by atoms with Gasteiger partial charge in [0.1, 0.15) is 5.75 Å². The quantitative estimate of drug-likeness (QED) is 0.930. The average Bonchev–Trinajstić information content (AvgIpc) is 2.75. The molecule has 0 aliphatic carbocycles. The molecule has 22 heavy (non-hydrogen) atoms. The van der Waals surface area contributed by atoms with Gasteiger partial charge in [-0.1, -0.05) is 19.9 Å². The van der Waals surface area contributed by atoms with Crippen LogP contribution in [-0.2, 0) is 4.79 Å². The zero-order valence-electron chi connectivity index (χ0n) is 14.2. The second-order valence-corrected chi connectivity index (χ2v) is 6.36. The summed E-state index contributed by atoms with van der Waals surface area (Å²) in [6.07, 6.45) is 0.558. The molecule has 1 aromatic carbocycles. The largest absolute Gasteiger partial charge is 0.481 e. The van der Waals surface area contributed by atoms with Gasteiger partial charge in [-0.05, 0) is 56.0 Å². The topological polar surface area (TPSA) is 41.6 Å². The predicted octanol–water partition coefficient (Wildman–Crippen LogP) is 2.71. The number of carbonyl (C=O) groups is 1. The molecule has 1 heterocycles. The zero-order chi connectivity index (χ0) is 16.1.